The van der Waals surface area contributed by atoms with E-state index in [4.69, 9.17) is 4.74 Å². The number of likely N-dealkylation sites (tertiary alicyclic amines) is 1. The Kier molecular flexibility index (Phi) is 6.93. The molecular formula is C24H31N3O2. The van der Waals surface area contributed by atoms with E-state index in [2.05, 4.69) is 22.3 Å². The third-order valence-corrected chi connectivity index (χ3v) is 5.99. The minimum atomic E-state index is 0.149. The van der Waals surface area contributed by atoms with E-state index in [0.717, 1.165) is 76.5 Å². The van der Waals surface area contributed by atoms with Crippen LogP contribution in [0, 0.1) is 0 Å². The smallest absolute Gasteiger partial charge is 0.253 e. The molecule has 4 rings (SSSR count). The molecule has 0 aromatic heterocycles. The monoisotopic (exact) mass is 393 g/mol. The van der Waals surface area contributed by atoms with Crippen LogP contribution in [0.15, 0.2) is 54.6 Å². The summed E-state index contributed by atoms with van der Waals surface area (Å²) in [4.78, 5) is 17.3. The first kappa shape index (κ1) is 20.1. The number of morpholine rings is 1. The van der Waals surface area contributed by atoms with Crippen molar-refractivity contribution in [2.24, 2.45) is 0 Å². The lowest BCUT2D eigenvalue weighted by molar-refractivity contribution is 0.0377. The molecule has 2 heterocycles. The molecule has 2 fully saturated rings. The molecule has 0 bridgehead atoms. The number of ether oxygens (including phenoxy) is 1. The average molecular weight is 394 g/mol. The van der Waals surface area contributed by atoms with Gasteiger partial charge in [0.2, 0.25) is 0 Å². The van der Waals surface area contributed by atoms with Gasteiger partial charge in [-0.1, -0.05) is 42.5 Å². The summed E-state index contributed by atoms with van der Waals surface area (Å²) < 4.78 is 5.40. The first-order chi connectivity index (χ1) is 14.3. The zero-order valence-corrected chi connectivity index (χ0v) is 17.1. The van der Waals surface area contributed by atoms with Gasteiger partial charge in [0.15, 0.2) is 0 Å². The van der Waals surface area contributed by atoms with Gasteiger partial charge in [-0.15, -0.1) is 0 Å². The highest BCUT2D eigenvalue weighted by molar-refractivity contribution is 5.94. The average Bonchev–Trinajstić information content (AvgIpc) is 2.80. The maximum Gasteiger partial charge on any atom is 0.253 e. The highest BCUT2D eigenvalue weighted by atomic mass is 16.5. The van der Waals surface area contributed by atoms with E-state index in [1.807, 2.05) is 47.4 Å². The van der Waals surface area contributed by atoms with Gasteiger partial charge < -0.3 is 15.0 Å². The number of piperidine rings is 1. The molecule has 2 aromatic carbocycles. The fourth-order valence-corrected chi connectivity index (χ4v) is 4.16. The van der Waals surface area contributed by atoms with E-state index in [1.54, 1.807) is 0 Å². The zero-order chi connectivity index (χ0) is 19.9. The highest BCUT2D eigenvalue weighted by Crippen LogP contribution is 2.21. The summed E-state index contributed by atoms with van der Waals surface area (Å²) in [5, 5.41) is 3.67. The third-order valence-electron chi connectivity index (χ3n) is 5.99. The minimum Gasteiger partial charge on any atom is -0.379 e. The SMILES string of the molecule is O=C(c1ccc(-c2ccccc2)cc1)N1CCC(NCCN2CCOCC2)CC1. The van der Waals surface area contributed by atoms with Crippen molar-refractivity contribution in [1.29, 1.82) is 0 Å². The summed E-state index contributed by atoms with van der Waals surface area (Å²) in [6.45, 7) is 7.54. The Morgan fingerprint density at radius 2 is 1.55 bits per heavy atom. The minimum absolute atomic E-state index is 0.149. The van der Waals surface area contributed by atoms with Gasteiger partial charge in [0.1, 0.15) is 0 Å². The first-order valence-electron chi connectivity index (χ1n) is 10.8. The van der Waals surface area contributed by atoms with Crippen LogP contribution in [-0.2, 0) is 4.74 Å². The third kappa shape index (κ3) is 5.44. The highest BCUT2D eigenvalue weighted by Gasteiger charge is 2.23. The molecule has 1 amide bonds. The van der Waals surface area contributed by atoms with Crippen LogP contribution >= 0.6 is 0 Å². The van der Waals surface area contributed by atoms with Gasteiger partial charge in [0.25, 0.3) is 5.91 Å². The van der Waals surface area contributed by atoms with Crippen molar-refractivity contribution in [3.63, 3.8) is 0 Å². The second-order valence-corrected chi connectivity index (χ2v) is 7.92. The predicted octanol–water partition coefficient (Wildman–Crippen LogP) is 2.88. The molecular weight excluding hydrogens is 362 g/mol. The van der Waals surface area contributed by atoms with E-state index >= 15 is 0 Å². The fourth-order valence-electron chi connectivity index (χ4n) is 4.16. The van der Waals surface area contributed by atoms with Crippen LogP contribution in [0.5, 0.6) is 0 Å². The molecule has 0 radical (unpaired) electrons. The Bertz CT molecular complexity index is 764. The normalized spacial score (nSPS) is 18.7. The van der Waals surface area contributed by atoms with Crippen LogP contribution in [0.1, 0.15) is 23.2 Å². The second kappa shape index (κ2) is 10.0. The van der Waals surface area contributed by atoms with Crippen molar-refractivity contribution >= 4 is 5.91 Å². The quantitative estimate of drug-likeness (QED) is 0.820. The van der Waals surface area contributed by atoms with Crippen molar-refractivity contribution in [2.75, 3.05) is 52.5 Å². The van der Waals surface area contributed by atoms with Crippen molar-refractivity contribution in [1.82, 2.24) is 15.1 Å². The second-order valence-electron chi connectivity index (χ2n) is 7.92. The Balaban J connectivity index is 1.22. The molecule has 2 aliphatic heterocycles. The Morgan fingerprint density at radius 3 is 2.24 bits per heavy atom. The van der Waals surface area contributed by atoms with Crippen LogP contribution in [0.2, 0.25) is 0 Å². The topological polar surface area (TPSA) is 44.8 Å². The maximum atomic E-state index is 12.9. The van der Waals surface area contributed by atoms with E-state index in [0.29, 0.717) is 6.04 Å². The number of amides is 1. The molecule has 2 saturated heterocycles. The van der Waals surface area contributed by atoms with Crippen LogP contribution in [-0.4, -0.2) is 74.2 Å². The number of carbonyl (C=O) groups excluding carboxylic acids is 1. The molecule has 0 unspecified atom stereocenters. The number of hydrogen-bond donors (Lipinski definition) is 1. The summed E-state index contributed by atoms with van der Waals surface area (Å²) in [5.74, 6) is 0.149. The van der Waals surface area contributed by atoms with Gasteiger partial charge in [-0.3, -0.25) is 9.69 Å². The van der Waals surface area contributed by atoms with Gasteiger partial charge in [0, 0.05) is 50.9 Å². The summed E-state index contributed by atoms with van der Waals surface area (Å²) >= 11 is 0. The summed E-state index contributed by atoms with van der Waals surface area (Å²) in [5.41, 5.74) is 3.10. The lowest BCUT2D eigenvalue weighted by Gasteiger charge is -2.33. The van der Waals surface area contributed by atoms with E-state index in [-0.39, 0.29) is 5.91 Å². The first-order valence-corrected chi connectivity index (χ1v) is 10.8. The molecule has 154 valence electrons. The Morgan fingerprint density at radius 1 is 0.897 bits per heavy atom. The number of benzene rings is 2. The van der Waals surface area contributed by atoms with Crippen LogP contribution in [0.4, 0.5) is 0 Å². The molecule has 1 N–H and O–H groups in total. The van der Waals surface area contributed by atoms with E-state index in [1.165, 1.54) is 5.56 Å². The zero-order valence-electron chi connectivity index (χ0n) is 17.1. The number of carbonyl (C=O) groups is 1. The molecule has 5 nitrogen and oxygen atoms in total. The van der Waals surface area contributed by atoms with Crippen molar-refractivity contribution in [3.8, 4) is 11.1 Å². The van der Waals surface area contributed by atoms with Crippen LogP contribution in [0.3, 0.4) is 0 Å². The lowest BCUT2D eigenvalue weighted by Crippen LogP contribution is -2.47. The summed E-state index contributed by atoms with van der Waals surface area (Å²) in [6.07, 6.45) is 2.05. The molecule has 0 spiro atoms. The Labute approximate surface area is 173 Å². The fraction of sp³-hybridized carbons (Fsp3) is 0.458. The van der Waals surface area contributed by atoms with Gasteiger partial charge in [-0.25, -0.2) is 0 Å². The molecule has 2 aliphatic rings. The summed E-state index contributed by atoms with van der Waals surface area (Å²) in [7, 11) is 0. The predicted molar refractivity (Wildman–Crippen MR) is 116 cm³/mol. The van der Waals surface area contributed by atoms with Crippen molar-refractivity contribution in [2.45, 2.75) is 18.9 Å². The Hall–Kier alpha value is -2.21. The van der Waals surface area contributed by atoms with E-state index < -0.39 is 0 Å². The molecule has 2 aromatic rings. The van der Waals surface area contributed by atoms with Crippen LogP contribution in [0.25, 0.3) is 11.1 Å². The van der Waals surface area contributed by atoms with Crippen molar-refractivity contribution < 1.29 is 9.53 Å². The lowest BCUT2D eigenvalue weighted by atomic mass is 10.0. The van der Waals surface area contributed by atoms with Crippen molar-refractivity contribution in [3.05, 3.63) is 60.2 Å². The summed E-state index contributed by atoms with van der Waals surface area (Å²) in [6, 6.07) is 18.8. The molecule has 29 heavy (non-hydrogen) atoms. The molecule has 5 heteroatoms. The van der Waals surface area contributed by atoms with Gasteiger partial charge in [-0.2, -0.15) is 0 Å². The van der Waals surface area contributed by atoms with Gasteiger partial charge in [-0.05, 0) is 36.1 Å². The van der Waals surface area contributed by atoms with Gasteiger partial charge >= 0.3 is 0 Å². The molecule has 0 saturated carbocycles. The number of nitrogens with one attached hydrogen (secondary N) is 1. The standard InChI is InChI=1S/C24H31N3O2/c28-24(22-8-6-21(7-9-22)20-4-2-1-3-5-20)27-13-10-23(11-14-27)25-12-15-26-16-18-29-19-17-26/h1-9,23,25H,10-19H2. The molecule has 0 atom stereocenters. The number of nitrogens with zero attached hydrogens (tertiary/aromatic N) is 2. The van der Waals surface area contributed by atoms with Crippen LogP contribution < -0.4 is 5.32 Å². The van der Waals surface area contributed by atoms with Gasteiger partial charge in [0.05, 0.1) is 13.2 Å². The largest absolute Gasteiger partial charge is 0.379 e. The maximum absolute atomic E-state index is 12.9. The van der Waals surface area contributed by atoms with E-state index in [9.17, 15) is 4.79 Å². The number of hydrogen-bond acceptors (Lipinski definition) is 4. The molecule has 0 aliphatic carbocycles. The number of rotatable bonds is 6.